The quantitative estimate of drug-likeness (QED) is 0.779. The lowest BCUT2D eigenvalue weighted by Crippen LogP contribution is -2.35. The van der Waals surface area contributed by atoms with Crippen molar-refractivity contribution in [1.29, 1.82) is 5.26 Å². The van der Waals surface area contributed by atoms with Crippen LogP contribution in [0, 0.1) is 17.2 Å². The third-order valence-electron chi connectivity index (χ3n) is 2.25. The summed E-state index contributed by atoms with van der Waals surface area (Å²) in [6.07, 6.45) is 1.95. The van der Waals surface area contributed by atoms with E-state index in [1.807, 2.05) is 13.8 Å². The van der Waals surface area contributed by atoms with Gasteiger partial charge in [0.25, 0.3) is 5.91 Å². The van der Waals surface area contributed by atoms with Crippen LogP contribution in [-0.4, -0.2) is 28.9 Å². The molecule has 1 aromatic heterocycles. The Bertz CT molecular complexity index is 395. The summed E-state index contributed by atoms with van der Waals surface area (Å²) in [5.41, 5.74) is 0.436. The van der Waals surface area contributed by atoms with Crippen LogP contribution in [0.4, 0.5) is 0 Å². The van der Waals surface area contributed by atoms with Crippen LogP contribution in [0.1, 0.15) is 30.8 Å². The molecule has 0 bridgehead atoms. The molecule has 0 N–H and O–H groups in total. The molecule has 0 saturated carbocycles. The lowest BCUT2D eigenvalue weighted by atomic mass is 10.2. The van der Waals surface area contributed by atoms with Crippen molar-refractivity contribution < 1.29 is 4.79 Å². The molecule has 1 aromatic rings. The van der Waals surface area contributed by atoms with Gasteiger partial charge in [0.15, 0.2) is 0 Å². The van der Waals surface area contributed by atoms with E-state index in [4.69, 9.17) is 5.26 Å². The lowest BCUT2D eigenvalue weighted by molar-refractivity contribution is 0.0734. The fourth-order valence-corrected chi connectivity index (χ4v) is 1.55. The highest BCUT2D eigenvalue weighted by Gasteiger charge is 2.17. The van der Waals surface area contributed by atoms with E-state index in [-0.39, 0.29) is 5.91 Å². The van der Waals surface area contributed by atoms with E-state index in [1.54, 1.807) is 29.3 Å². The van der Waals surface area contributed by atoms with Crippen molar-refractivity contribution in [3.05, 3.63) is 30.1 Å². The molecule has 17 heavy (non-hydrogen) atoms. The topological polar surface area (TPSA) is 57.0 Å². The molecule has 0 unspecified atom stereocenters. The number of hydrogen-bond donors (Lipinski definition) is 0. The van der Waals surface area contributed by atoms with Gasteiger partial charge >= 0.3 is 0 Å². The summed E-state index contributed by atoms with van der Waals surface area (Å²) in [6, 6.07) is 7.33. The third-order valence-corrected chi connectivity index (χ3v) is 2.25. The molecule has 1 rings (SSSR count). The van der Waals surface area contributed by atoms with Gasteiger partial charge in [-0.3, -0.25) is 9.78 Å². The van der Waals surface area contributed by atoms with Gasteiger partial charge < -0.3 is 4.90 Å². The molecule has 1 heterocycles. The van der Waals surface area contributed by atoms with Crippen molar-refractivity contribution in [3.63, 3.8) is 0 Å². The molecule has 1 amide bonds. The van der Waals surface area contributed by atoms with Gasteiger partial charge in [0, 0.05) is 19.3 Å². The third kappa shape index (κ3) is 4.23. The van der Waals surface area contributed by atoms with Crippen LogP contribution >= 0.6 is 0 Å². The fourth-order valence-electron chi connectivity index (χ4n) is 1.55. The summed E-state index contributed by atoms with van der Waals surface area (Å²) >= 11 is 0. The molecule has 0 spiro atoms. The van der Waals surface area contributed by atoms with Crippen LogP contribution in [0.5, 0.6) is 0 Å². The first-order valence-corrected chi connectivity index (χ1v) is 5.72. The number of carbonyl (C=O) groups is 1. The second-order valence-electron chi connectivity index (χ2n) is 4.27. The number of rotatable bonds is 5. The first-order chi connectivity index (χ1) is 8.15. The van der Waals surface area contributed by atoms with E-state index in [0.29, 0.717) is 31.1 Å². The minimum Gasteiger partial charge on any atom is -0.336 e. The number of pyridine rings is 1. The van der Waals surface area contributed by atoms with E-state index in [1.165, 1.54) is 0 Å². The normalized spacial score (nSPS) is 10.0. The highest BCUT2D eigenvalue weighted by Crippen LogP contribution is 2.06. The smallest absolute Gasteiger partial charge is 0.272 e. The molecule has 0 aromatic carbocycles. The van der Waals surface area contributed by atoms with Gasteiger partial charge in [0.1, 0.15) is 5.69 Å². The van der Waals surface area contributed by atoms with Crippen molar-refractivity contribution >= 4 is 5.91 Å². The molecular weight excluding hydrogens is 214 g/mol. The van der Waals surface area contributed by atoms with Crippen molar-refractivity contribution in [1.82, 2.24) is 9.88 Å². The van der Waals surface area contributed by atoms with Crippen LogP contribution in [0.15, 0.2) is 24.4 Å². The molecular formula is C13H17N3O. The zero-order chi connectivity index (χ0) is 12.7. The Morgan fingerprint density at radius 1 is 1.53 bits per heavy atom. The minimum absolute atomic E-state index is 0.102. The Balaban J connectivity index is 2.76. The Kier molecular flexibility index (Phi) is 5.15. The standard InChI is InChI=1S/C13H17N3O/c1-11(2)10-16(9-5-7-14)13(17)12-6-3-4-8-15-12/h3-4,6,8,11H,5,9-10H2,1-2H3. The van der Waals surface area contributed by atoms with Crippen LogP contribution in [0.2, 0.25) is 0 Å². The van der Waals surface area contributed by atoms with E-state index in [2.05, 4.69) is 11.1 Å². The molecule has 90 valence electrons. The summed E-state index contributed by atoms with van der Waals surface area (Å²) in [5, 5.41) is 8.60. The summed E-state index contributed by atoms with van der Waals surface area (Å²) in [5.74, 6) is 0.274. The average molecular weight is 231 g/mol. The Morgan fingerprint density at radius 2 is 2.29 bits per heavy atom. The average Bonchev–Trinajstić information content (AvgIpc) is 2.34. The van der Waals surface area contributed by atoms with Crippen LogP contribution < -0.4 is 0 Å². The Morgan fingerprint density at radius 3 is 2.82 bits per heavy atom. The largest absolute Gasteiger partial charge is 0.336 e. The number of amides is 1. The lowest BCUT2D eigenvalue weighted by Gasteiger charge is -2.23. The number of carbonyl (C=O) groups excluding carboxylic acids is 1. The Hall–Kier alpha value is -1.89. The van der Waals surface area contributed by atoms with Crippen molar-refractivity contribution in [2.45, 2.75) is 20.3 Å². The van der Waals surface area contributed by atoms with Crippen LogP contribution in [0.25, 0.3) is 0 Å². The van der Waals surface area contributed by atoms with Gasteiger partial charge in [-0.25, -0.2) is 0 Å². The summed E-state index contributed by atoms with van der Waals surface area (Å²) in [4.78, 5) is 17.9. The van der Waals surface area contributed by atoms with Gasteiger partial charge in [0.05, 0.1) is 12.5 Å². The van der Waals surface area contributed by atoms with Crippen molar-refractivity contribution in [2.75, 3.05) is 13.1 Å². The van der Waals surface area contributed by atoms with E-state index in [9.17, 15) is 4.79 Å². The Labute approximate surface area is 102 Å². The summed E-state index contributed by atoms with van der Waals surface area (Å²) in [7, 11) is 0. The molecule has 0 radical (unpaired) electrons. The van der Waals surface area contributed by atoms with Crippen molar-refractivity contribution in [2.24, 2.45) is 5.92 Å². The fraction of sp³-hybridized carbons (Fsp3) is 0.462. The first-order valence-electron chi connectivity index (χ1n) is 5.72. The highest BCUT2D eigenvalue weighted by atomic mass is 16.2. The molecule has 0 aliphatic heterocycles. The monoisotopic (exact) mass is 231 g/mol. The van der Waals surface area contributed by atoms with E-state index >= 15 is 0 Å². The van der Waals surface area contributed by atoms with Gasteiger partial charge in [-0.2, -0.15) is 5.26 Å². The zero-order valence-corrected chi connectivity index (χ0v) is 10.3. The molecule has 0 aliphatic carbocycles. The summed E-state index contributed by atoms with van der Waals surface area (Å²) in [6.45, 7) is 5.21. The maximum atomic E-state index is 12.1. The van der Waals surface area contributed by atoms with Crippen LogP contribution in [0.3, 0.4) is 0 Å². The zero-order valence-electron chi connectivity index (χ0n) is 10.3. The summed E-state index contributed by atoms with van der Waals surface area (Å²) < 4.78 is 0. The molecule has 0 atom stereocenters. The maximum absolute atomic E-state index is 12.1. The number of aromatic nitrogens is 1. The maximum Gasteiger partial charge on any atom is 0.272 e. The predicted molar refractivity (Wildman–Crippen MR) is 65.2 cm³/mol. The van der Waals surface area contributed by atoms with Gasteiger partial charge in [0.2, 0.25) is 0 Å². The number of nitriles is 1. The minimum atomic E-state index is -0.102. The van der Waals surface area contributed by atoms with E-state index in [0.717, 1.165) is 0 Å². The second-order valence-corrected chi connectivity index (χ2v) is 4.27. The van der Waals surface area contributed by atoms with Gasteiger partial charge in [-0.15, -0.1) is 0 Å². The van der Waals surface area contributed by atoms with E-state index < -0.39 is 0 Å². The number of hydrogen-bond acceptors (Lipinski definition) is 3. The molecule has 0 saturated heterocycles. The van der Waals surface area contributed by atoms with Gasteiger partial charge in [-0.1, -0.05) is 19.9 Å². The van der Waals surface area contributed by atoms with Crippen LogP contribution in [-0.2, 0) is 0 Å². The van der Waals surface area contributed by atoms with Crippen molar-refractivity contribution in [3.8, 4) is 6.07 Å². The SMILES string of the molecule is CC(C)CN(CCC#N)C(=O)c1ccccn1. The highest BCUT2D eigenvalue weighted by molar-refractivity contribution is 5.92. The number of nitrogens with zero attached hydrogens (tertiary/aromatic N) is 3. The molecule has 0 fully saturated rings. The first kappa shape index (κ1) is 13.2. The van der Waals surface area contributed by atoms with Gasteiger partial charge in [-0.05, 0) is 18.1 Å². The molecule has 0 aliphatic rings. The predicted octanol–water partition coefficient (Wildman–Crippen LogP) is 2.09. The molecule has 4 nitrogen and oxygen atoms in total. The molecule has 4 heteroatoms. The second kappa shape index (κ2) is 6.64.